The number of imide groups is 1. The van der Waals surface area contributed by atoms with Crippen LogP contribution in [0, 0.1) is 0 Å². The second-order valence-corrected chi connectivity index (χ2v) is 9.19. The summed E-state index contributed by atoms with van der Waals surface area (Å²) in [5.74, 6) is -2.74. The molecule has 1 aliphatic rings. The summed E-state index contributed by atoms with van der Waals surface area (Å²) >= 11 is 0. The second-order valence-electron chi connectivity index (χ2n) is 9.19. The summed E-state index contributed by atoms with van der Waals surface area (Å²) in [5.41, 5.74) is 0.610. The van der Waals surface area contributed by atoms with Crippen molar-refractivity contribution in [1.82, 2.24) is 23.7 Å². The minimum absolute atomic E-state index is 0.0895. The predicted molar refractivity (Wildman–Crippen MR) is 142 cm³/mol. The molecule has 6 rings (SSSR count). The molecule has 0 fully saturated rings. The molecule has 0 aliphatic carbocycles. The first-order valence-corrected chi connectivity index (χ1v) is 12.4. The molecule has 198 valence electrons. The van der Waals surface area contributed by atoms with Gasteiger partial charge in [-0.05, 0) is 23.3 Å². The van der Waals surface area contributed by atoms with Crippen molar-refractivity contribution in [2.75, 3.05) is 0 Å². The largest absolute Gasteiger partial charge is 0.353 e. The van der Waals surface area contributed by atoms with Gasteiger partial charge in [-0.1, -0.05) is 77.9 Å². The third-order valence-corrected chi connectivity index (χ3v) is 6.60. The van der Waals surface area contributed by atoms with Crippen LogP contribution in [0.3, 0.4) is 0 Å². The van der Waals surface area contributed by atoms with Crippen molar-refractivity contribution in [3.8, 4) is 0 Å². The summed E-state index contributed by atoms with van der Waals surface area (Å²) in [7, 11) is 0. The number of aromatic nitrogens is 4. The lowest BCUT2D eigenvalue weighted by Crippen LogP contribution is -2.44. The summed E-state index contributed by atoms with van der Waals surface area (Å²) in [6, 6.07) is 24.6. The number of fused-ring (bicyclic) bond motifs is 2. The van der Waals surface area contributed by atoms with Gasteiger partial charge in [0, 0.05) is 6.54 Å². The quantitative estimate of drug-likeness (QED) is 0.293. The molecule has 1 aliphatic heterocycles. The van der Waals surface area contributed by atoms with Crippen LogP contribution >= 0.6 is 0 Å². The lowest BCUT2D eigenvalue weighted by atomic mass is 10.1. The van der Waals surface area contributed by atoms with Gasteiger partial charge in [0.1, 0.15) is 6.54 Å². The number of hydrogen-bond donors (Lipinski definition) is 0. The summed E-state index contributed by atoms with van der Waals surface area (Å²) in [4.78, 5) is 74.9. The second kappa shape index (κ2) is 9.95. The zero-order valence-corrected chi connectivity index (χ0v) is 21.0. The Kier molecular flexibility index (Phi) is 6.15. The fourth-order valence-corrected chi connectivity index (χ4v) is 4.70. The molecule has 2 aromatic heterocycles. The average molecular weight is 536 g/mol. The molecule has 0 spiro atoms. The number of amides is 2. The van der Waals surface area contributed by atoms with Crippen LogP contribution in [0.25, 0.3) is 11.2 Å². The van der Waals surface area contributed by atoms with Crippen LogP contribution < -0.4 is 11.2 Å². The predicted octanol–water partition coefficient (Wildman–Crippen LogP) is 2.21. The number of benzene rings is 3. The van der Waals surface area contributed by atoms with Crippen molar-refractivity contribution < 1.29 is 19.2 Å². The lowest BCUT2D eigenvalue weighted by Gasteiger charge is -2.15. The molecular formula is C29H21N5O6. The third-order valence-electron chi connectivity index (χ3n) is 6.60. The van der Waals surface area contributed by atoms with Gasteiger partial charge in [0.2, 0.25) is 0 Å². The van der Waals surface area contributed by atoms with E-state index in [-0.39, 0.29) is 28.8 Å². The molecule has 5 aromatic rings. The van der Waals surface area contributed by atoms with Gasteiger partial charge in [0.05, 0.1) is 24.0 Å². The molecule has 11 nitrogen and oxygen atoms in total. The molecule has 0 radical (unpaired) electrons. The minimum Gasteiger partial charge on any atom is -0.328 e. The highest BCUT2D eigenvalue weighted by Gasteiger charge is 2.38. The van der Waals surface area contributed by atoms with Crippen LogP contribution in [-0.4, -0.2) is 41.5 Å². The van der Waals surface area contributed by atoms with Crippen LogP contribution in [0.15, 0.2) is 101 Å². The van der Waals surface area contributed by atoms with Crippen LogP contribution in [0.4, 0.5) is 0 Å². The fourth-order valence-electron chi connectivity index (χ4n) is 4.70. The molecule has 0 atom stereocenters. The number of carbonyl (C=O) groups excluding carboxylic acids is 3. The molecule has 0 saturated carbocycles. The topological polar surface area (TPSA) is 126 Å². The Balaban J connectivity index is 1.39. The Morgan fingerprint density at radius 3 is 1.85 bits per heavy atom. The van der Waals surface area contributed by atoms with Gasteiger partial charge in [-0.3, -0.25) is 19.0 Å². The molecule has 0 N–H and O–H groups in total. The first-order chi connectivity index (χ1) is 19.4. The summed E-state index contributed by atoms with van der Waals surface area (Å²) in [5, 5.41) is 0.346. The van der Waals surface area contributed by atoms with Crippen LogP contribution in [0.1, 0.15) is 31.8 Å². The smallest absolute Gasteiger partial charge is 0.328 e. The first kappa shape index (κ1) is 24.7. The molecule has 3 aromatic carbocycles. The van der Waals surface area contributed by atoms with Crippen molar-refractivity contribution >= 4 is 28.9 Å². The summed E-state index contributed by atoms with van der Waals surface area (Å²) in [6.45, 7) is -0.436. The van der Waals surface area contributed by atoms with Crippen molar-refractivity contribution in [2.24, 2.45) is 0 Å². The average Bonchev–Trinajstić information content (AvgIpc) is 3.49. The number of rotatable bonds is 7. The Hall–Kier alpha value is -5.58. The number of hydrogen-bond acceptors (Lipinski definition) is 7. The number of hydroxylamine groups is 2. The maximum atomic E-state index is 13.6. The molecule has 40 heavy (non-hydrogen) atoms. The maximum absolute atomic E-state index is 13.6. The van der Waals surface area contributed by atoms with E-state index in [0.29, 0.717) is 11.6 Å². The number of imidazole rings is 1. The summed E-state index contributed by atoms with van der Waals surface area (Å²) < 4.78 is 3.65. The minimum atomic E-state index is -1.13. The molecule has 3 heterocycles. The lowest BCUT2D eigenvalue weighted by molar-refractivity contribution is -0.169. The van der Waals surface area contributed by atoms with Crippen molar-refractivity contribution in [3.05, 3.63) is 134 Å². The van der Waals surface area contributed by atoms with E-state index in [9.17, 15) is 24.0 Å². The zero-order chi connectivity index (χ0) is 27.8. The normalized spacial score (nSPS) is 12.7. The summed E-state index contributed by atoms with van der Waals surface area (Å²) in [6.07, 6.45) is 1.47. The van der Waals surface area contributed by atoms with Gasteiger partial charge in [0.15, 0.2) is 11.2 Å². The van der Waals surface area contributed by atoms with Gasteiger partial charge in [-0.25, -0.2) is 19.1 Å². The number of carbonyl (C=O) groups is 3. The molecule has 0 unspecified atom stereocenters. The van der Waals surface area contributed by atoms with Crippen LogP contribution in [0.2, 0.25) is 0 Å². The standard InChI is InChI=1S/C29H21N5O6/c35-23(40-34-26(36)21-13-7-8-14-22(21)27(34)37)17-33-28(38)24-25(30-18-31(24)15-19-9-3-1-4-10-19)32(29(33)39)16-20-11-5-2-6-12-20/h1-14,18H,15-17H2. The fraction of sp³-hybridized carbons (Fsp3) is 0.103. The maximum Gasteiger partial charge on any atom is 0.353 e. The highest BCUT2D eigenvalue weighted by Crippen LogP contribution is 2.22. The van der Waals surface area contributed by atoms with E-state index in [1.54, 1.807) is 16.7 Å². The van der Waals surface area contributed by atoms with Gasteiger partial charge in [-0.2, -0.15) is 0 Å². The SMILES string of the molecule is O=C(Cn1c(=O)c2c(ncn2Cc2ccccc2)n(Cc2ccccc2)c1=O)ON1C(=O)c2ccccc2C1=O. The van der Waals surface area contributed by atoms with E-state index in [1.807, 2.05) is 60.7 Å². The van der Waals surface area contributed by atoms with E-state index in [4.69, 9.17) is 4.84 Å². The van der Waals surface area contributed by atoms with Crippen molar-refractivity contribution in [3.63, 3.8) is 0 Å². The van der Waals surface area contributed by atoms with Crippen molar-refractivity contribution in [1.29, 1.82) is 0 Å². The Morgan fingerprint density at radius 2 is 1.25 bits per heavy atom. The molecule has 0 saturated heterocycles. The highest BCUT2D eigenvalue weighted by atomic mass is 16.7. The zero-order valence-electron chi connectivity index (χ0n) is 21.0. The Bertz CT molecular complexity index is 1870. The first-order valence-electron chi connectivity index (χ1n) is 12.4. The third kappa shape index (κ3) is 4.29. The van der Waals surface area contributed by atoms with Gasteiger partial charge < -0.3 is 9.40 Å². The van der Waals surface area contributed by atoms with E-state index in [1.165, 1.54) is 23.0 Å². The van der Waals surface area contributed by atoms with Crippen molar-refractivity contribution in [2.45, 2.75) is 19.6 Å². The van der Waals surface area contributed by atoms with Gasteiger partial charge in [0.25, 0.3) is 17.4 Å². The molecule has 11 heteroatoms. The van der Waals surface area contributed by atoms with Crippen LogP contribution in [0.5, 0.6) is 0 Å². The van der Waals surface area contributed by atoms with E-state index in [2.05, 4.69) is 4.98 Å². The molecule has 0 bridgehead atoms. The van der Waals surface area contributed by atoms with E-state index in [0.717, 1.165) is 15.7 Å². The Morgan fingerprint density at radius 1 is 0.700 bits per heavy atom. The molecule has 2 amide bonds. The van der Waals surface area contributed by atoms with Gasteiger partial charge in [-0.15, -0.1) is 0 Å². The number of nitrogens with zero attached hydrogens (tertiary/aromatic N) is 5. The van der Waals surface area contributed by atoms with Crippen LogP contribution in [-0.2, 0) is 29.3 Å². The highest BCUT2D eigenvalue weighted by molar-refractivity contribution is 6.20. The monoisotopic (exact) mass is 535 g/mol. The van der Waals surface area contributed by atoms with E-state index < -0.39 is 35.6 Å². The molecular weight excluding hydrogens is 514 g/mol. The van der Waals surface area contributed by atoms with Gasteiger partial charge >= 0.3 is 11.7 Å². The van der Waals surface area contributed by atoms with E-state index >= 15 is 0 Å². The Labute approximate surface area is 226 Å².